The van der Waals surface area contributed by atoms with Gasteiger partial charge in [-0.1, -0.05) is 18.2 Å². The van der Waals surface area contributed by atoms with E-state index in [2.05, 4.69) is 26.3 Å². The van der Waals surface area contributed by atoms with Crippen molar-refractivity contribution in [2.45, 2.75) is 19.4 Å². The molecule has 0 aliphatic rings. The van der Waals surface area contributed by atoms with E-state index in [1.54, 1.807) is 12.5 Å². The number of para-hydroxylation sites is 1. The number of H-pyrrole nitrogens is 2. The summed E-state index contributed by atoms with van der Waals surface area (Å²) in [6.07, 6.45) is 6.51. The van der Waals surface area contributed by atoms with Crippen LogP contribution in [-0.4, -0.2) is 20.9 Å². The molecular formula is C15H16N4O. The summed E-state index contributed by atoms with van der Waals surface area (Å²) in [7, 11) is 0. The second kappa shape index (κ2) is 5.61. The van der Waals surface area contributed by atoms with Crippen LogP contribution in [0.4, 0.5) is 0 Å². The van der Waals surface area contributed by atoms with Crippen LogP contribution in [-0.2, 0) is 17.8 Å². The monoisotopic (exact) mass is 268 g/mol. The summed E-state index contributed by atoms with van der Waals surface area (Å²) in [5, 5.41) is 4.06. The maximum atomic E-state index is 11.8. The maximum Gasteiger partial charge on any atom is 0.220 e. The van der Waals surface area contributed by atoms with Gasteiger partial charge in [-0.05, 0) is 18.1 Å². The Morgan fingerprint density at radius 1 is 1.25 bits per heavy atom. The second-order valence-corrected chi connectivity index (χ2v) is 4.71. The Morgan fingerprint density at radius 3 is 3.00 bits per heavy atom. The maximum absolute atomic E-state index is 11.8. The van der Waals surface area contributed by atoms with Crippen LogP contribution in [0.3, 0.4) is 0 Å². The minimum absolute atomic E-state index is 0.0462. The van der Waals surface area contributed by atoms with Crippen molar-refractivity contribution < 1.29 is 4.79 Å². The number of aromatic amines is 2. The van der Waals surface area contributed by atoms with E-state index in [1.807, 2.05) is 24.4 Å². The number of aromatic nitrogens is 3. The lowest BCUT2D eigenvalue weighted by atomic mass is 10.1. The molecule has 3 N–H and O–H groups in total. The highest BCUT2D eigenvalue weighted by Crippen LogP contribution is 2.18. The van der Waals surface area contributed by atoms with Crippen molar-refractivity contribution in [3.05, 3.63) is 54.2 Å². The average Bonchev–Trinajstić information content (AvgIpc) is 3.12. The predicted molar refractivity (Wildman–Crippen MR) is 77.1 cm³/mol. The predicted octanol–water partition coefficient (Wildman–Crippen LogP) is 2.14. The number of fused-ring (bicyclic) bond motifs is 1. The number of benzene rings is 1. The Morgan fingerprint density at radius 2 is 2.15 bits per heavy atom. The number of hydrogen-bond acceptors (Lipinski definition) is 2. The first-order valence-corrected chi connectivity index (χ1v) is 6.62. The zero-order valence-corrected chi connectivity index (χ0v) is 11.0. The summed E-state index contributed by atoms with van der Waals surface area (Å²) in [6.45, 7) is 0.493. The molecule has 0 aliphatic heterocycles. The van der Waals surface area contributed by atoms with Crippen LogP contribution in [0.1, 0.15) is 17.7 Å². The molecular weight excluding hydrogens is 252 g/mol. The van der Waals surface area contributed by atoms with Crippen LogP contribution in [0.2, 0.25) is 0 Å². The van der Waals surface area contributed by atoms with Crippen LogP contribution >= 0.6 is 0 Å². The molecule has 3 rings (SSSR count). The number of nitrogens with zero attached hydrogens (tertiary/aromatic N) is 1. The molecule has 0 saturated heterocycles. The zero-order chi connectivity index (χ0) is 13.8. The largest absolute Gasteiger partial charge is 0.361 e. The van der Waals surface area contributed by atoms with Crippen molar-refractivity contribution in [1.82, 2.24) is 20.3 Å². The number of nitrogens with one attached hydrogen (secondary N) is 3. The number of imidazole rings is 1. The molecule has 102 valence electrons. The summed E-state index contributed by atoms with van der Waals surface area (Å²) >= 11 is 0. The number of rotatable bonds is 5. The topological polar surface area (TPSA) is 73.6 Å². The van der Waals surface area contributed by atoms with Gasteiger partial charge in [0.1, 0.15) is 0 Å². The first-order valence-electron chi connectivity index (χ1n) is 6.62. The lowest BCUT2D eigenvalue weighted by Crippen LogP contribution is -2.23. The standard InChI is InChI=1S/C15H16N4O/c20-15(18-9-12-8-16-10-19-12)6-5-11-7-17-14-4-2-1-3-13(11)14/h1-4,7-8,10,17H,5-6,9H2,(H,16,19)(H,18,20). The van der Waals surface area contributed by atoms with E-state index in [4.69, 9.17) is 0 Å². The molecule has 20 heavy (non-hydrogen) atoms. The highest BCUT2D eigenvalue weighted by Gasteiger charge is 2.06. The van der Waals surface area contributed by atoms with E-state index >= 15 is 0 Å². The molecule has 5 nitrogen and oxygen atoms in total. The van der Waals surface area contributed by atoms with Crippen LogP contribution < -0.4 is 5.32 Å². The number of carbonyl (C=O) groups is 1. The van der Waals surface area contributed by atoms with Crippen LogP contribution in [0.25, 0.3) is 10.9 Å². The fourth-order valence-corrected chi connectivity index (χ4v) is 2.25. The molecule has 5 heteroatoms. The molecule has 2 aromatic heterocycles. The molecule has 0 fully saturated rings. The SMILES string of the molecule is O=C(CCc1c[nH]c2ccccc12)NCc1cnc[nH]1. The van der Waals surface area contributed by atoms with Crippen molar-refractivity contribution in [2.75, 3.05) is 0 Å². The van der Waals surface area contributed by atoms with E-state index in [1.165, 1.54) is 10.9 Å². The third-order valence-electron chi connectivity index (χ3n) is 3.33. The highest BCUT2D eigenvalue weighted by atomic mass is 16.1. The Hall–Kier alpha value is -2.56. The highest BCUT2D eigenvalue weighted by molar-refractivity contribution is 5.84. The molecule has 0 unspecified atom stereocenters. The Labute approximate surface area is 116 Å². The van der Waals surface area contributed by atoms with Crippen LogP contribution in [0, 0.1) is 0 Å². The van der Waals surface area contributed by atoms with Crippen molar-refractivity contribution in [1.29, 1.82) is 0 Å². The zero-order valence-electron chi connectivity index (χ0n) is 11.0. The van der Waals surface area contributed by atoms with Gasteiger partial charge in [0.05, 0.1) is 18.6 Å². The summed E-state index contributed by atoms with van der Waals surface area (Å²) in [5.41, 5.74) is 3.20. The third kappa shape index (κ3) is 2.71. The second-order valence-electron chi connectivity index (χ2n) is 4.71. The number of hydrogen-bond donors (Lipinski definition) is 3. The van der Waals surface area contributed by atoms with Gasteiger partial charge < -0.3 is 15.3 Å². The minimum atomic E-state index is 0.0462. The molecule has 0 atom stereocenters. The fourth-order valence-electron chi connectivity index (χ4n) is 2.25. The Kier molecular flexibility index (Phi) is 3.50. The molecule has 2 heterocycles. The third-order valence-corrected chi connectivity index (χ3v) is 3.33. The lowest BCUT2D eigenvalue weighted by Gasteiger charge is -2.03. The summed E-state index contributed by atoms with van der Waals surface area (Å²) in [4.78, 5) is 21.9. The summed E-state index contributed by atoms with van der Waals surface area (Å²) in [5.74, 6) is 0.0462. The number of carbonyl (C=O) groups excluding carboxylic acids is 1. The van der Waals surface area contributed by atoms with Crippen molar-refractivity contribution in [3.63, 3.8) is 0 Å². The van der Waals surface area contributed by atoms with Gasteiger partial charge in [-0.3, -0.25) is 4.79 Å². The van der Waals surface area contributed by atoms with E-state index in [-0.39, 0.29) is 5.91 Å². The van der Waals surface area contributed by atoms with Gasteiger partial charge in [-0.2, -0.15) is 0 Å². The number of amides is 1. The van der Waals surface area contributed by atoms with E-state index in [0.717, 1.165) is 17.6 Å². The van der Waals surface area contributed by atoms with E-state index < -0.39 is 0 Å². The quantitative estimate of drug-likeness (QED) is 0.663. The van der Waals surface area contributed by atoms with Crippen molar-refractivity contribution in [2.24, 2.45) is 0 Å². The molecule has 1 aromatic carbocycles. The van der Waals surface area contributed by atoms with Crippen molar-refractivity contribution in [3.8, 4) is 0 Å². The lowest BCUT2D eigenvalue weighted by molar-refractivity contribution is -0.121. The van der Waals surface area contributed by atoms with Crippen LogP contribution in [0.15, 0.2) is 43.0 Å². The number of aryl methyl sites for hydroxylation is 1. The summed E-state index contributed by atoms with van der Waals surface area (Å²) < 4.78 is 0. The first-order chi connectivity index (χ1) is 9.83. The first kappa shape index (κ1) is 12.5. The Balaban J connectivity index is 1.55. The smallest absolute Gasteiger partial charge is 0.220 e. The van der Waals surface area contributed by atoms with E-state index in [9.17, 15) is 4.79 Å². The van der Waals surface area contributed by atoms with Gasteiger partial charge in [0.2, 0.25) is 5.91 Å². The molecule has 0 aliphatic carbocycles. The molecule has 3 aromatic rings. The molecule has 0 saturated carbocycles. The molecule has 1 amide bonds. The molecule has 0 spiro atoms. The van der Waals surface area contributed by atoms with Gasteiger partial charge >= 0.3 is 0 Å². The average molecular weight is 268 g/mol. The fraction of sp³-hybridized carbons (Fsp3) is 0.200. The summed E-state index contributed by atoms with van der Waals surface area (Å²) in [6, 6.07) is 8.12. The van der Waals surface area contributed by atoms with Crippen molar-refractivity contribution >= 4 is 16.8 Å². The van der Waals surface area contributed by atoms with Gasteiger partial charge in [0.25, 0.3) is 0 Å². The molecule has 0 bridgehead atoms. The Bertz CT molecular complexity index is 700. The van der Waals surface area contributed by atoms with Gasteiger partial charge in [-0.15, -0.1) is 0 Å². The van der Waals surface area contributed by atoms with Crippen LogP contribution in [0.5, 0.6) is 0 Å². The normalized spacial score (nSPS) is 10.8. The van der Waals surface area contributed by atoms with Gasteiger partial charge in [0, 0.05) is 29.7 Å². The minimum Gasteiger partial charge on any atom is -0.361 e. The van der Waals surface area contributed by atoms with Gasteiger partial charge in [-0.25, -0.2) is 4.98 Å². The molecule has 0 radical (unpaired) electrons. The van der Waals surface area contributed by atoms with E-state index in [0.29, 0.717) is 13.0 Å². The van der Waals surface area contributed by atoms with Gasteiger partial charge in [0.15, 0.2) is 0 Å².